The summed E-state index contributed by atoms with van der Waals surface area (Å²) in [6, 6.07) is 0. The molecule has 0 saturated carbocycles. The first-order chi connectivity index (χ1) is 7.45. The quantitative estimate of drug-likeness (QED) is 0.813. The minimum Gasteiger partial charge on any atom is -0.235 e. The van der Waals surface area contributed by atoms with Crippen molar-refractivity contribution in [3.05, 3.63) is 4.60 Å². The highest BCUT2D eigenvalue weighted by atomic mass is 79.9. The molecule has 0 bridgehead atoms. The molecule has 0 amide bonds. The highest BCUT2D eigenvalue weighted by Gasteiger charge is 2.29. The Morgan fingerprint density at radius 3 is 2.44 bits per heavy atom. The summed E-state index contributed by atoms with van der Waals surface area (Å²) < 4.78 is 27.4. The highest BCUT2D eigenvalue weighted by molar-refractivity contribution is 9.10. The number of halogens is 1. The maximum absolute atomic E-state index is 12.3. The molecule has 1 aromatic rings. The maximum atomic E-state index is 12.3. The summed E-state index contributed by atoms with van der Waals surface area (Å²) in [4.78, 5) is 0. The summed E-state index contributed by atoms with van der Waals surface area (Å²) in [6.45, 7) is 4.68. The van der Waals surface area contributed by atoms with Gasteiger partial charge in [-0.1, -0.05) is 19.1 Å². The molecule has 0 N–H and O–H groups in total. The zero-order chi connectivity index (χ0) is 12.3. The SMILES string of the molecule is CCCN(CC)S(=O)(=O)c1c(Br)nnn1C. The molecule has 0 aliphatic carbocycles. The molecule has 0 radical (unpaired) electrons. The third-order valence-electron chi connectivity index (χ3n) is 2.15. The molecule has 6 nitrogen and oxygen atoms in total. The van der Waals surface area contributed by atoms with E-state index in [0.717, 1.165) is 6.42 Å². The molecule has 0 fully saturated rings. The van der Waals surface area contributed by atoms with Gasteiger partial charge in [-0.25, -0.2) is 13.1 Å². The van der Waals surface area contributed by atoms with Crippen molar-refractivity contribution in [3.8, 4) is 0 Å². The highest BCUT2D eigenvalue weighted by Crippen LogP contribution is 2.21. The lowest BCUT2D eigenvalue weighted by atomic mass is 10.5. The van der Waals surface area contributed by atoms with Crippen molar-refractivity contribution in [1.29, 1.82) is 0 Å². The molecule has 1 heterocycles. The molecule has 8 heteroatoms. The average molecular weight is 311 g/mol. The number of aryl methyl sites for hydroxylation is 1. The fourth-order valence-electron chi connectivity index (χ4n) is 1.42. The van der Waals surface area contributed by atoms with Gasteiger partial charge in [0.1, 0.15) is 0 Å². The van der Waals surface area contributed by atoms with Crippen molar-refractivity contribution < 1.29 is 8.42 Å². The van der Waals surface area contributed by atoms with E-state index in [4.69, 9.17) is 0 Å². The van der Waals surface area contributed by atoms with Gasteiger partial charge < -0.3 is 0 Å². The normalized spacial score (nSPS) is 12.3. The molecular weight excluding hydrogens is 296 g/mol. The predicted molar refractivity (Wildman–Crippen MR) is 63.4 cm³/mol. The van der Waals surface area contributed by atoms with E-state index in [2.05, 4.69) is 26.2 Å². The van der Waals surface area contributed by atoms with E-state index in [9.17, 15) is 8.42 Å². The van der Waals surface area contributed by atoms with Gasteiger partial charge >= 0.3 is 0 Å². The van der Waals surface area contributed by atoms with Gasteiger partial charge in [0.25, 0.3) is 10.0 Å². The third-order valence-corrected chi connectivity index (χ3v) is 5.01. The van der Waals surface area contributed by atoms with Crippen molar-refractivity contribution in [3.63, 3.8) is 0 Å². The van der Waals surface area contributed by atoms with Crippen molar-refractivity contribution >= 4 is 26.0 Å². The van der Waals surface area contributed by atoms with Crippen molar-refractivity contribution in [1.82, 2.24) is 19.3 Å². The topological polar surface area (TPSA) is 68.1 Å². The van der Waals surface area contributed by atoms with E-state index < -0.39 is 10.0 Å². The van der Waals surface area contributed by atoms with Gasteiger partial charge in [-0.3, -0.25) is 0 Å². The molecule has 0 aliphatic heterocycles. The Bertz CT molecular complexity index is 437. The second-order valence-electron chi connectivity index (χ2n) is 3.31. The summed E-state index contributed by atoms with van der Waals surface area (Å²) in [5.41, 5.74) is 0. The maximum Gasteiger partial charge on any atom is 0.263 e. The average Bonchev–Trinajstić information content (AvgIpc) is 2.55. The van der Waals surface area contributed by atoms with Crippen LogP contribution in [-0.2, 0) is 17.1 Å². The van der Waals surface area contributed by atoms with Crippen molar-refractivity contribution in [2.45, 2.75) is 25.3 Å². The number of hydrogen-bond donors (Lipinski definition) is 0. The van der Waals surface area contributed by atoms with E-state index in [1.54, 1.807) is 7.05 Å². The van der Waals surface area contributed by atoms with E-state index in [1.807, 2.05) is 13.8 Å². The van der Waals surface area contributed by atoms with Gasteiger partial charge in [0.05, 0.1) is 0 Å². The van der Waals surface area contributed by atoms with Crippen LogP contribution < -0.4 is 0 Å². The molecule has 0 aromatic carbocycles. The van der Waals surface area contributed by atoms with E-state index in [0.29, 0.717) is 13.1 Å². The Balaban J connectivity index is 3.20. The Morgan fingerprint density at radius 1 is 1.44 bits per heavy atom. The van der Waals surface area contributed by atoms with Crippen LogP contribution in [0.3, 0.4) is 0 Å². The molecule has 0 spiro atoms. The fourth-order valence-corrected chi connectivity index (χ4v) is 3.99. The lowest BCUT2D eigenvalue weighted by molar-refractivity contribution is 0.420. The second kappa shape index (κ2) is 5.24. The van der Waals surface area contributed by atoms with Gasteiger partial charge in [-0.15, -0.1) is 5.10 Å². The van der Waals surface area contributed by atoms with Crippen LogP contribution in [0.25, 0.3) is 0 Å². The van der Waals surface area contributed by atoms with Crippen LogP contribution in [0, 0.1) is 0 Å². The summed E-state index contributed by atoms with van der Waals surface area (Å²) in [6.07, 6.45) is 0.774. The lowest BCUT2D eigenvalue weighted by Gasteiger charge is -2.19. The van der Waals surface area contributed by atoms with E-state index in [-0.39, 0.29) is 9.63 Å². The number of sulfonamides is 1. The number of hydrogen-bond acceptors (Lipinski definition) is 4. The minimum absolute atomic E-state index is 0.0998. The Hall–Kier alpha value is -0.470. The van der Waals surface area contributed by atoms with Crippen LogP contribution in [0.4, 0.5) is 0 Å². The largest absolute Gasteiger partial charge is 0.263 e. The van der Waals surface area contributed by atoms with Crippen LogP contribution in [0.5, 0.6) is 0 Å². The Morgan fingerprint density at radius 2 is 2.06 bits per heavy atom. The molecule has 1 aromatic heterocycles. The van der Waals surface area contributed by atoms with Crippen LogP contribution in [0.1, 0.15) is 20.3 Å². The Labute approximate surface area is 104 Å². The molecule has 1 rings (SSSR count). The standard InChI is InChI=1S/C8H15BrN4O2S/c1-4-6-13(5-2)16(14,15)8-7(9)10-11-12(8)3/h4-6H2,1-3H3. The molecule has 16 heavy (non-hydrogen) atoms. The zero-order valence-corrected chi connectivity index (χ0v) is 11.9. The summed E-state index contributed by atoms with van der Waals surface area (Å²) in [5, 5.41) is 7.46. The molecule has 0 saturated heterocycles. The second-order valence-corrected chi connectivity index (χ2v) is 5.91. The van der Waals surface area contributed by atoms with Crippen LogP contribution in [0.15, 0.2) is 9.63 Å². The first-order valence-corrected chi connectivity index (χ1v) is 7.23. The van der Waals surface area contributed by atoms with E-state index in [1.165, 1.54) is 8.99 Å². The van der Waals surface area contributed by atoms with Crippen LogP contribution in [-0.4, -0.2) is 40.8 Å². The lowest BCUT2D eigenvalue weighted by Crippen LogP contribution is -2.33. The van der Waals surface area contributed by atoms with E-state index >= 15 is 0 Å². The molecule has 0 aliphatic rings. The first-order valence-electron chi connectivity index (χ1n) is 5.00. The van der Waals surface area contributed by atoms with Crippen LogP contribution >= 0.6 is 15.9 Å². The molecule has 0 unspecified atom stereocenters. The van der Waals surface area contributed by atoms with Crippen molar-refractivity contribution in [2.24, 2.45) is 7.05 Å². The predicted octanol–water partition coefficient (Wildman–Crippen LogP) is 0.998. The Kier molecular flexibility index (Phi) is 4.45. The number of aromatic nitrogens is 3. The smallest absolute Gasteiger partial charge is 0.235 e. The van der Waals surface area contributed by atoms with Gasteiger partial charge in [0.2, 0.25) is 5.03 Å². The van der Waals surface area contributed by atoms with Gasteiger partial charge in [-0.05, 0) is 22.4 Å². The minimum atomic E-state index is -3.51. The van der Waals surface area contributed by atoms with Gasteiger partial charge in [0, 0.05) is 20.1 Å². The van der Waals surface area contributed by atoms with Crippen molar-refractivity contribution in [2.75, 3.05) is 13.1 Å². The first kappa shape index (κ1) is 13.6. The fraction of sp³-hybridized carbons (Fsp3) is 0.750. The molecule has 0 atom stereocenters. The third kappa shape index (κ3) is 2.44. The van der Waals surface area contributed by atoms with Gasteiger partial charge in [-0.2, -0.15) is 4.31 Å². The number of nitrogens with zero attached hydrogens (tertiary/aromatic N) is 4. The zero-order valence-electron chi connectivity index (χ0n) is 9.51. The molecule has 92 valence electrons. The summed E-state index contributed by atoms with van der Waals surface area (Å²) in [5.74, 6) is 0. The summed E-state index contributed by atoms with van der Waals surface area (Å²) >= 11 is 3.10. The molecular formula is C8H15BrN4O2S. The number of rotatable bonds is 5. The van der Waals surface area contributed by atoms with Gasteiger partial charge in [0.15, 0.2) is 4.60 Å². The monoisotopic (exact) mass is 310 g/mol. The van der Waals surface area contributed by atoms with Crippen LogP contribution in [0.2, 0.25) is 0 Å². The summed E-state index contributed by atoms with van der Waals surface area (Å²) in [7, 11) is -1.95.